The van der Waals surface area contributed by atoms with E-state index in [0.29, 0.717) is 31.8 Å². The highest BCUT2D eigenvalue weighted by atomic mass is 32.1. The fraction of sp³-hybridized carbons (Fsp3) is 0.571. The third-order valence-electron chi connectivity index (χ3n) is 5.84. The Morgan fingerprint density at radius 2 is 1.94 bits per heavy atom. The van der Waals surface area contributed by atoms with Crippen LogP contribution in [0.3, 0.4) is 0 Å². The molecule has 2 amide bonds. The summed E-state index contributed by atoms with van der Waals surface area (Å²) in [6.45, 7) is 2.66. The maximum absolute atomic E-state index is 13.6. The molecule has 1 saturated heterocycles. The van der Waals surface area contributed by atoms with Gasteiger partial charge in [0, 0.05) is 44.4 Å². The third-order valence-corrected chi connectivity index (χ3v) is 6.84. The highest BCUT2D eigenvalue weighted by molar-refractivity contribution is 7.17. The smallest absolute Gasteiger partial charge is 0.418 e. The highest BCUT2D eigenvalue weighted by Gasteiger charge is 2.36. The molecule has 1 N–H and O–H groups in total. The van der Waals surface area contributed by atoms with E-state index in [0.717, 1.165) is 30.2 Å². The molecule has 2 aliphatic rings. The number of hydrogen-bond donors (Lipinski definition) is 1. The zero-order valence-corrected chi connectivity index (χ0v) is 18.5. The summed E-state index contributed by atoms with van der Waals surface area (Å²) in [6, 6.07) is 0.879. The molecule has 0 aromatic carbocycles. The number of nitrogens with zero attached hydrogens (tertiary/aromatic N) is 2. The van der Waals surface area contributed by atoms with Gasteiger partial charge < -0.3 is 19.7 Å². The fourth-order valence-corrected chi connectivity index (χ4v) is 4.80. The Morgan fingerprint density at radius 1 is 1.25 bits per heavy atom. The Kier molecular flexibility index (Phi) is 6.19. The van der Waals surface area contributed by atoms with Gasteiger partial charge in [-0.3, -0.25) is 4.79 Å². The molecule has 7 nitrogen and oxygen atoms in total. The van der Waals surface area contributed by atoms with Crippen LogP contribution >= 0.6 is 11.3 Å². The zero-order chi connectivity index (χ0) is 23.0. The number of piperidine rings is 1. The zero-order valence-electron chi connectivity index (χ0n) is 17.7. The first-order valence-corrected chi connectivity index (χ1v) is 11.4. The topological polar surface area (TPSA) is 80.8 Å². The Labute approximate surface area is 186 Å². The van der Waals surface area contributed by atoms with Gasteiger partial charge in [0.2, 0.25) is 5.88 Å². The van der Waals surface area contributed by atoms with Gasteiger partial charge in [-0.05, 0) is 25.7 Å². The van der Waals surface area contributed by atoms with E-state index >= 15 is 0 Å². The molecule has 11 heteroatoms. The van der Waals surface area contributed by atoms with Gasteiger partial charge in [0.05, 0.1) is 21.3 Å². The molecule has 3 heterocycles. The number of halogens is 3. The van der Waals surface area contributed by atoms with E-state index < -0.39 is 23.8 Å². The second-order valence-corrected chi connectivity index (χ2v) is 9.02. The predicted octanol–water partition coefficient (Wildman–Crippen LogP) is 4.45. The number of alkyl halides is 3. The second kappa shape index (κ2) is 8.76. The summed E-state index contributed by atoms with van der Waals surface area (Å²) in [4.78, 5) is 30.2. The van der Waals surface area contributed by atoms with Gasteiger partial charge in [0.1, 0.15) is 12.2 Å². The van der Waals surface area contributed by atoms with Crippen molar-refractivity contribution in [2.75, 3.05) is 20.1 Å². The average molecular weight is 472 g/mol. The van der Waals surface area contributed by atoms with Gasteiger partial charge in [0.15, 0.2) is 0 Å². The highest BCUT2D eigenvalue weighted by Crippen LogP contribution is 2.40. The van der Waals surface area contributed by atoms with E-state index in [2.05, 4.69) is 10.3 Å². The van der Waals surface area contributed by atoms with Crippen molar-refractivity contribution in [2.24, 2.45) is 5.92 Å². The van der Waals surface area contributed by atoms with Gasteiger partial charge in [0.25, 0.3) is 5.91 Å². The maximum atomic E-state index is 13.6. The SMILES string of the molecule is CNC(=O)c1csc2c(C(F)(F)F)cc(OC3CCN(C(=O)O[C@H](C)C4CC4)CC3)nc12. The first kappa shape index (κ1) is 22.6. The standard InChI is InChI=1S/C21H24F3N3O4S/c1-11(12-3-4-12)30-20(29)27-7-5-13(6-8-27)31-16-9-15(21(22,23)24)18-17(26-16)14(10-32-18)19(28)25-2/h9-13H,3-8H2,1-2H3,(H,25,28)/t11-/m1/s1. The molecule has 1 aliphatic carbocycles. The molecule has 1 atom stereocenters. The van der Waals surface area contributed by atoms with Gasteiger partial charge in [-0.25, -0.2) is 9.78 Å². The fourth-order valence-electron chi connectivity index (χ4n) is 3.77. The average Bonchev–Trinajstić information content (AvgIpc) is 3.52. The molecular weight excluding hydrogens is 447 g/mol. The first-order chi connectivity index (χ1) is 15.2. The van der Waals surface area contributed by atoms with Gasteiger partial charge in [-0.1, -0.05) is 0 Å². The summed E-state index contributed by atoms with van der Waals surface area (Å²) in [6.07, 6.45) is -2.44. The van der Waals surface area contributed by atoms with Crippen molar-refractivity contribution >= 4 is 33.6 Å². The van der Waals surface area contributed by atoms with Crippen LogP contribution in [0.25, 0.3) is 10.2 Å². The Bertz CT molecular complexity index is 1010. The first-order valence-electron chi connectivity index (χ1n) is 10.5. The molecule has 32 heavy (non-hydrogen) atoms. The van der Waals surface area contributed by atoms with E-state index in [-0.39, 0.29) is 33.9 Å². The lowest BCUT2D eigenvalue weighted by atomic mass is 10.1. The van der Waals surface area contributed by atoms with E-state index in [4.69, 9.17) is 9.47 Å². The van der Waals surface area contributed by atoms with Crippen molar-refractivity contribution in [3.05, 3.63) is 22.6 Å². The van der Waals surface area contributed by atoms with E-state index in [1.165, 1.54) is 12.4 Å². The predicted molar refractivity (Wildman–Crippen MR) is 112 cm³/mol. The maximum Gasteiger partial charge on any atom is 0.418 e. The summed E-state index contributed by atoms with van der Waals surface area (Å²) < 4.78 is 52.1. The molecule has 2 fully saturated rings. The van der Waals surface area contributed by atoms with Crippen LogP contribution in [0.1, 0.15) is 48.5 Å². The molecule has 0 unspecified atom stereocenters. The van der Waals surface area contributed by atoms with Crippen LogP contribution in [-0.2, 0) is 10.9 Å². The molecular formula is C21H24F3N3O4S. The summed E-state index contributed by atoms with van der Waals surface area (Å²) in [5, 5.41) is 3.78. The Hall–Kier alpha value is -2.56. The summed E-state index contributed by atoms with van der Waals surface area (Å²) in [5.41, 5.74) is -0.840. The molecule has 1 aliphatic heterocycles. The van der Waals surface area contributed by atoms with Gasteiger partial charge in [-0.15, -0.1) is 11.3 Å². The number of aromatic nitrogens is 1. The number of thiophene rings is 1. The lowest BCUT2D eigenvalue weighted by Gasteiger charge is -2.32. The van der Waals surface area contributed by atoms with Gasteiger partial charge in [-0.2, -0.15) is 13.2 Å². The van der Waals surface area contributed by atoms with Crippen molar-refractivity contribution < 1.29 is 32.2 Å². The molecule has 174 valence electrons. The monoisotopic (exact) mass is 471 g/mol. The molecule has 2 aromatic heterocycles. The molecule has 2 aromatic rings. The van der Waals surface area contributed by atoms with Crippen LogP contribution in [0.15, 0.2) is 11.4 Å². The number of likely N-dealkylation sites (tertiary alicyclic amines) is 1. The van der Waals surface area contributed by atoms with Crippen LogP contribution in [0.4, 0.5) is 18.0 Å². The van der Waals surface area contributed by atoms with Crippen molar-refractivity contribution in [1.29, 1.82) is 0 Å². The van der Waals surface area contributed by atoms with Crippen LogP contribution in [0.5, 0.6) is 5.88 Å². The number of carbonyl (C=O) groups is 2. The summed E-state index contributed by atoms with van der Waals surface area (Å²) >= 11 is 0.824. The molecule has 4 rings (SSSR count). The lowest BCUT2D eigenvalue weighted by Crippen LogP contribution is -2.43. The third kappa shape index (κ3) is 4.77. The minimum atomic E-state index is -4.62. The number of hydrogen-bond acceptors (Lipinski definition) is 6. The lowest BCUT2D eigenvalue weighted by molar-refractivity contribution is -0.136. The van der Waals surface area contributed by atoms with Crippen molar-refractivity contribution in [2.45, 2.75) is 51.0 Å². The second-order valence-electron chi connectivity index (χ2n) is 8.14. The number of carbonyl (C=O) groups excluding carboxylic acids is 2. The molecule has 0 radical (unpaired) electrons. The minimum Gasteiger partial charge on any atom is -0.474 e. The largest absolute Gasteiger partial charge is 0.474 e. The quantitative estimate of drug-likeness (QED) is 0.697. The molecule has 0 spiro atoms. The summed E-state index contributed by atoms with van der Waals surface area (Å²) in [5.74, 6) is -0.251. The van der Waals surface area contributed by atoms with Gasteiger partial charge >= 0.3 is 12.3 Å². The van der Waals surface area contributed by atoms with Crippen molar-refractivity contribution in [1.82, 2.24) is 15.2 Å². The normalized spacial score (nSPS) is 18.5. The molecule has 1 saturated carbocycles. The van der Waals surface area contributed by atoms with Crippen molar-refractivity contribution in [3.8, 4) is 5.88 Å². The van der Waals surface area contributed by atoms with Crippen LogP contribution < -0.4 is 10.1 Å². The van der Waals surface area contributed by atoms with Crippen LogP contribution in [0, 0.1) is 5.92 Å². The number of pyridine rings is 1. The van der Waals surface area contributed by atoms with E-state index in [1.54, 1.807) is 4.90 Å². The van der Waals surface area contributed by atoms with Crippen LogP contribution in [-0.4, -0.2) is 54.2 Å². The Balaban J connectivity index is 1.47. The number of rotatable bonds is 5. The van der Waals surface area contributed by atoms with E-state index in [1.807, 2.05) is 6.92 Å². The van der Waals surface area contributed by atoms with Crippen molar-refractivity contribution in [3.63, 3.8) is 0 Å². The molecule has 0 bridgehead atoms. The number of amides is 2. The van der Waals surface area contributed by atoms with Crippen LogP contribution in [0.2, 0.25) is 0 Å². The minimum absolute atomic E-state index is 0.0331. The summed E-state index contributed by atoms with van der Waals surface area (Å²) in [7, 11) is 1.40. The number of nitrogens with one attached hydrogen (secondary N) is 1. The number of fused-ring (bicyclic) bond motifs is 1. The Morgan fingerprint density at radius 3 is 2.53 bits per heavy atom. The van der Waals surface area contributed by atoms with E-state index in [9.17, 15) is 22.8 Å². The number of ether oxygens (including phenoxy) is 2.